The lowest BCUT2D eigenvalue weighted by molar-refractivity contribution is 0.102. The summed E-state index contributed by atoms with van der Waals surface area (Å²) in [6.45, 7) is 0.348. The molecule has 1 amide bonds. The fraction of sp³-hybridized carbons (Fsp3) is 0.0357. The third-order valence-corrected chi connectivity index (χ3v) is 6.02. The molecule has 0 saturated heterocycles. The van der Waals surface area contributed by atoms with Crippen LogP contribution in [0.4, 0.5) is 22.9 Å². The second-order valence-corrected chi connectivity index (χ2v) is 8.98. The molecule has 0 unspecified atom stereocenters. The number of carbonyl (C=O) groups is 1. The van der Waals surface area contributed by atoms with Gasteiger partial charge in [-0.25, -0.2) is 9.97 Å². The van der Waals surface area contributed by atoms with Gasteiger partial charge in [0.25, 0.3) is 5.91 Å². The first kappa shape index (κ1) is 23.3. The molecule has 7 nitrogen and oxygen atoms in total. The molecule has 0 atom stereocenters. The lowest BCUT2D eigenvalue weighted by Gasteiger charge is -2.11. The van der Waals surface area contributed by atoms with Crippen LogP contribution < -0.4 is 21.1 Å². The Kier molecular flexibility index (Phi) is 6.77. The van der Waals surface area contributed by atoms with Crippen LogP contribution in [0.1, 0.15) is 15.9 Å². The molecular weight excluding hydrogens is 518 g/mol. The molecule has 0 aliphatic carbocycles. The summed E-state index contributed by atoms with van der Waals surface area (Å²) < 4.78 is 7.00. The molecule has 4 N–H and O–H groups in total. The second kappa shape index (κ2) is 10.5. The number of carbonyl (C=O) groups excluding carboxylic acids is 1. The number of para-hydroxylation sites is 2. The van der Waals surface area contributed by atoms with Crippen LogP contribution in [-0.4, -0.2) is 15.9 Å². The van der Waals surface area contributed by atoms with E-state index in [1.165, 1.54) is 6.33 Å². The number of fused-ring (bicyclic) bond motifs is 1. The summed E-state index contributed by atoms with van der Waals surface area (Å²) >= 11 is 3.49. The molecular formula is C28H22BrN5O2. The van der Waals surface area contributed by atoms with E-state index in [-0.39, 0.29) is 5.91 Å². The molecule has 8 heteroatoms. The van der Waals surface area contributed by atoms with Gasteiger partial charge in [-0.1, -0.05) is 46.3 Å². The van der Waals surface area contributed by atoms with Crippen molar-refractivity contribution in [3.05, 3.63) is 113 Å². The van der Waals surface area contributed by atoms with Crippen LogP contribution in [0.2, 0.25) is 0 Å². The first-order valence-corrected chi connectivity index (χ1v) is 12.0. The van der Waals surface area contributed by atoms with E-state index < -0.39 is 0 Å². The zero-order valence-corrected chi connectivity index (χ0v) is 20.7. The maximum Gasteiger partial charge on any atom is 0.255 e. The Bertz CT molecular complexity index is 1540. The zero-order valence-electron chi connectivity index (χ0n) is 19.1. The number of anilines is 4. The molecule has 178 valence electrons. The van der Waals surface area contributed by atoms with E-state index in [0.717, 1.165) is 26.6 Å². The number of nitrogens with one attached hydrogen (secondary N) is 2. The summed E-state index contributed by atoms with van der Waals surface area (Å²) in [6, 6.07) is 28.0. The maximum atomic E-state index is 12.5. The number of halogens is 1. The Morgan fingerprint density at radius 1 is 0.917 bits per heavy atom. The van der Waals surface area contributed by atoms with Gasteiger partial charge in [0.1, 0.15) is 24.5 Å². The van der Waals surface area contributed by atoms with Crippen molar-refractivity contribution in [2.75, 3.05) is 16.4 Å². The highest BCUT2D eigenvalue weighted by molar-refractivity contribution is 9.10. The smallest absolute Gasteiger partial charge is 0.255 e. The number of hydrogen-bond donors (Lipinski definition) is 3. The molecule has 0 saturated carbocycles. The van der Waals surface area contributed by atoms with Crippen molar-refractivity contribution in [3.63, 3.8) is 0 Å². The molecule has 0 spiro atoms. The predicted molar refractivity (Wildman–Crippen MR) is 147 cm³/mol. The van der Waals surface area contributed by atoms with E-state index in [9.17, 15) is 4.79 Å². The Morgan fingerprint density at radius 3 is 2.56 bits per heavy atom. The topological polar surface area (TPSA) is 102 Å². The van der Waals surface area contributed by atoms with Crippen LogP contribution in [0.15, 0.2) is 102 Å². The highest BCUT2D eigenvalue weighted by Gasteiger charge is 2.09. The number of nitrogen functional groups attached to an aromatic ring is 1. The summed E-state index contributed by atoms with van der Waals surface area (Å²) in [6.07, 6.45) is 1.53. The Balaban J connectivity index is 1.27. The highest BCUT2D eigenvalue weighted by atomic mass is 79.9. The lowest BCUT2D eigenvalue weighted by Crippen LogP contribution is -2.13. The number of aromatic nitrogens is 2. The van der Waals surface area contributed by atoms with Gasteiger partial charge in [-0.15, -0.1) is 0 Å². The van der Waals surface area contributed by atoms with Gasteiger partial charge in [0, 0.05) is 21.1 Å². The first-order valence-electron chi connectivity index (χ1n) is 11.2. The molecule has 0 bridgehead atoms. The van der Waals surface area contributed by atoms with E-state index in [2.05, 4.69) is 36.5 Å². The number of rotatable bonds is 7. The van der Waals surface area contributed by atoms with Crippen LogP contribution in [0.25, 0.3) is 10.9 Å². The van der Waals surface area contributed by atoms with Gasteiger partial charge in [-0.2, -0.15) is 0 Å². The number of ether oxygens (including phenoxy) is 1. The normalized spacial score (nSPS) is 10.7. The lowest BCUT2D eigenvalue weighted by atomic mass is 10.1. The summed E-state index contributed by atoms with van der Waals surface area (Å²) in [5.41, 5.74) is 10.2. The third kappa shape index (κ3) is 5.45. The largest absolute Gasteiger partial charge is 0.489 e. The molecule has 36 heavy (non-hydrogen) atoms. The quantitative estimate of drug-likeness (QED) is 0.203. The van der Waals surface area contributed by atoms with Gasteiger partial charge < -0.3 is 21.1 Å². The third-order valence-electron chi connectivity index (χ3n) is 5.52. The van der Waals surface area contributed by atoms with Gasteiger partial charge in [0.2, 0.25) is 0 Å². The van der Waals surface area contributed by atoms with Gasteiger partial charge in [0.05, 0.1) is 16.9 Å². The molecule has 4 aromatic carbocycles. The van der Waals surface area contributed by atoms with Crippen molar-refractivity contribution in [1.29, 1.82) is 0 Å². The van der Waals surface area contributed by atoms with Crippen LogP contribution in [0, 0.1) is 0 Å². The molecule has 1 heterocycles. The van der Waals surface area contributed by atoms with Crippen molar-refractivity contribution >= 4 is 55.6 Å². The summed E-state index contributed by atoms with van der Waals surface area (Å²) in [5, 5.41) is 7.02. The van der Waals surface area contributed by atoms with E-state index in [0.29, 0.717) is 35.1 Å². The molecule has 0 aliphatic rings. The van der Waals surface area contributed by atoms with E-state index >= 15 is 0 Å². The first-order chi connectivity index (χ1) is 17.5. The SMILES string of the molecule is Nc1ccccc1NC(=O)c1ccc(COc2ccc3ncnc(Nc4cccc(Br)c4)c3c2)cc1. The summed E-state index contributed by atoms with van der Waals surface area (Å²) in [4.78, 5) is 21.3. The van der Waals surface area contributed by atoms with Crippen LogP contribution >= 0.6 is 15.9 Å². The minimum atomic E-state index is -0.222. The summed E-state index contributed by atoms with van der Waals surface area (Å²) in [5.74, 6) is 1.16. The van der Waals surface area contributed by atoms with Crippen molar-refractivity contribution in [2.24, 2.45) is 0 Å². The number of amides is 1. The number of nitrogens with two attached hydrogens (primary N) is 1. The van der Waals surface area contributed by atoms with E-state index in [1.807, 2.05) is 66.7 Å². The van der Waals surface area contributed by atoms with Gasteiger partial charge in [-0.3, -0.25) is 4.79 Å². The summed E-state index contributed by atoms with van der Waals surface area (Å²) in [7, 11) is 0. The zero-order chi connectivity index (χ0) is 24.9. The maximum absolute atomic E-state index is 12.5. The van der Waals surface area contributed by atoms with Gasteiger partial charge in [0.15, 0.2) is 0 Å². The monoisotopic (exact) mass is 539 g/mol. The predicted octanol–water partition coefficient (Wildman–Crippen LogP) is 6.55. The van der Waals surface area contributed by atoms with Crippen LogP contribution in [-0.2, 0) is 6.61 Å². The second-order valence-electron chi connectivity index (χ2n) is 8.06. The van der Waals surface area contributed by atoms with Gasteiger partial charge >= 0.3 is 0 Å². The minimum absolute atomic E-state index is 0.222. The van der Waals surface area contributed by atoms with Crippen molar-refractivity contribution in [2.45, 2.75) is 6.61 Å². The van der Waals surface area contributed by atoms with Gasteiger partial charge in [-0.05, 0) is 66.2 Å². The van der Waals surface area contributed by atoms with Crippen molar-refractivity contribution in [3.8, 4) is 5.75 Å². The highest BCUT2D eigenvalue weighted by Crippen LogP contribution is 2.28. The van der Waals surface area contributed by atoms with E-state index in [4.69, 9.17) is 10.5 Å². The average molecular weight is 540 g/mol. The number of hydrogen-bond acceptors (Lipinski definition) is 6. The molecule has 0 radical (unpaired) electrons. The fourth-order valence-corrected chi connectivity index (χ4v) is 4.05. The van der Waals surface area contributed by atoms with Crippen LogP contribution in [0.5, 0.6) is 5.75 Å². The molecule has 0 aliphatic heterocycles. The molecule has 5 aromatic rings. The standard InChI is InChI=1S/C28H22BrN5O2/c29-20-4-3-5-21(14-20)33-27-23-15-22(12-13-25(23)31-17-32-27)36-16-18-8-10-19(11-9-18)28(35)34-26-7-2-1-6-24(26)30/h1-15,17H,16,30H2,(H,34,35)(H,31,32,33). The molecule has 0 fully saturated rings. The average Bonchev–Trinajstić information content (AvgIpc) is 2.89. The Labute approximate surface area is 216 Å². The fourth-order valence-electron chi connectivity index (χ4n) is 3.65. The minimum Gasteiger partial charge on any atom is -0.489 e. The number of nitrogens with zero attached hydrogens (tertiary/aromatic N) is 2. The van der Waals surface area contributed by atoms with E-state index in [1.54, 1.807) is 24.3 Å². The van der Waals surface area contributed by atoms with Crippen molar-refractivity contribution in [1.82, 2.24) is 9.97 Å². The Morgan fingerprint density at radius 2 is 1.75 bits per heavy atom. The molecule has 1 aromatic heterocycles. The number of benzene rings is 4. The van der Waals surface area contributed by atoms with Crippen molar-refractivity contribution < 1.29 is 9.53 Å². The molecule has 5 rings (SSSR count). The van der Waals surface area contributed by atoms with Crippen LogP contribution in [0.3, 0.4) is 0 Å². The Hall–Kier alpha value is -4.43.